The summed E-state index contributed by atoms with van der Waals surface area (Å²) in [5.41, 5.74) is 9.99. The van der Waals surface area contributed by atoms with Crippen molar-refractivity contribution in [3.05, 3.63) is 194 Å². The van der Waals surface area contributed by atoms with Crippen LogP contribution in [0.5, 0.6) is 0 Å². The molecule has 0 heterocycles. The van der Waals surface area contributed by atoms with Crippen LogP contribution in [-0.2, 0) is 0 Å². The van der Waals surface area contributed by atoms with Crippen LogP contribution < -0.4 is 0 Å². The first-order valence-corrected chi connectivity index (χ1v) is 18.1. The molecular formula is C52H32. The summed E-state index contributed by atoms with van der Waals surface area (Å²) >= 11 is 0. The van der Waals surface area contributed by atoms with Gasteiger partial charge in [0.2, 0.25) is 0 Å². The second kappa shape index (κ2) is 11.4. The summed E-state index contributed by atoms with van der Waals surface area (Å²) in [5, 5.41) is 15.7. The highest BCUT2D eigenvalue weighted by Gasteiger charge is 2.23. The van der Waals surface area contributed by atoms with Gasteiger partial charge in [0.15, 0.2) is 0 Å². The normalized spacial score (nSPS) is 11.8. The fourth-order valence-corrected chi connectivity index (χ4v) is 9.00. The predicted molar refractivity (Wildman–Crippen MR) is 224 cm³/mol. The van der Waals surface area contributed by atoms with E-state index in [1.54, 1.807) is 0 Å². The molecule has 0 unspecified atom stereocenters. The van der Waals surface area contributed by atoms with Gasteiger partial charge in [-0.1, -0.05) is 182 Å². The van der Waals surface area contributed by atoms with Crippen LogP contribution in [0, 0.1) is 0 Å². The number of hydrogen-bond donors (Lipinski definition) is 0. The van der Waals surface area contributed by atoms with Crippen molar-refractivity contribution < 1.29 is 0 Å². The second-order valence-electron chi connectivity index (χ2n) is 13.9. The molecule has 0 aliphatic heterocycles. The van der Waals surface area contributed by atoms with Crippen LogP contribution in [0.4, 0.5) is 0 Å². The predicted octanol–water partition coefficient (Wildman–Crippen LogP) is 14.7. The molecule has 52 heavy (non-hydrogen) atoms. The first-order valence-electron chi connectivity index (χ1n) is 18.1. The molecule has 0 aliphatic carbocycles. The number of benzene rings is 11. The lowest BCUT2D eigenvalue weighted by Crippen LogP contribution is -1.94. The summed E-state index contributed by atoms with van der Waals surface area (Å²) in [6.45, 7) is 0. The number of rotatable bonds is 4. The molecule has 0 atom stereocenters. The smallest absolute Gasteiger partial charge is 0.00134 e. The molecule has 0 aliphatic rings. The van der Waals surface area contributed by atoms with Crippen LogP contribution >= 0.6 is 0 Å². The van der Waals surface area contributed by atoms with Crippen LogP contribution in [0.15, 0.2) is 194 Å². The van der Waals surface area contributed by atoms with Crippen molar-refractivity contribution in [2.24, 2.45) is 0 Å². The maximum absolute atomic E-state index is 2.44. The third-order valence-corrected chi connectivity index (χ3v) is 11.2. The quantitative estimate of drug-likeness (QED) is 0.131. The molecule has 0 heteroatoms. The van der Waals surface area contributed by atoms with Crippen molar-refractivity contribution in [3.63, 3.8) is 0 Å². The van der Waals surface area contributed by atoms with E-state index in [1.165, 1.54) is 109 Å². The Morgan fingerprint density at radius 3 is 1.56 bits per heavy atom. The summed E-state index contributed by atoms with van der Waals surface area (Å²) in [5.74, 6) is 0. The molecule has 0 radical (unpaired) electrons. The van der Waals surface area contributed by atoms with E-state index in [9.17, 15) is 0 Å². The van der Waals surface area contributed by atoms with E-state index >= 15 is 0 Å². The van der Waals surface area contributed by atoms with Gasteiger partial charge < -0.3 is 0 Å². The van der Waals surface area contributed by atoms with Gasteiger partial charge in [0.25, 0.3) is 0 Å². The second-order valence-corrected chi connectivity index (χ2v) is 13.9. The summed E-state index contributed by atoms with van der Waals surface area (Å²) < 4.78 is 0. The Hall–Kier alpha value is -6.76. The largest absolute Gasteiger partial charge is 0.0622 e. The zero-order valence-corrected chi connectivity index (χ0v) is 28.5. The van der Waals surface area contributed by atoms with Gasteiger partial charge in [-0.25, -0.2) is 0 Å². The van der Waals surface area contributed by atoms with Gasteiger partial charge >= 0.3 is 0 Å². The summed E-state index contributed by atoms with van der Waals surface area (Å²) in [6, 6.07) is 71.7. The Kier molecular flexibility index (Phi) is 6.35. The monoisotopic (exact) mass is 656 g/mol. The molecule has 11 aromatic rings. The lowest BCUT2D eigenvalue weighted by molar-refractivity contribution is 1.60. The SMILES string of the molecule is c1ccc(-c2cccc(-c3c4ccccc4c4c5ccc(-c6ccccc6-c6ccccc6)c6cc7ccccc7c(c7cccc3c74)c65)c2)cc1. The van der Waals surface area contributed by atoms with Crippen LogP contribution in [0.1, 0.15) is 0 Å². The van der Waals surface area contributed by atoms with Gasteiger partial charge in [-0.05, 0) is 121 Å². The lowest BCUT2D eigenvalue weighted by atomic mass is 9.80. The lowest BCUT2D eigenvalue weighted by Gasteiger charge is -2.22. The molecular weight excluding hydrogens is 625 g/mol. The first-order chi connectivity index (χ1) is 25.8. The molecule has 0 nitrogen and oxygen atoms in total. The molecule has 0 spiro atoms. The van der Waals surface area contributed by atoms with Gasteiger partial charge in [-0.2, -0.15) is 0 Å². The topological polar surface area (TPSA) is 0 Å². The minimum atomic E-state index is 1.23. The van der Waals surface area contributed by atoms with E-state index in [0.29, 0.717) is 0 Å². The summed E-state index contributed by atoms with van der Waals surface area (Å²) in [6.07, 6.45) is 0. The third kappa shape index (κ3) is 4.22. The van der Waals surface area contributed by atoms with Crippen LogP contribution in [0.25, 0.3) is 109 Å². The molecule has 240 valence electrons. The third-order valence-electron chi connectivity index (χ3n) is 11.2. The highest BCUT2D eigenvalue weighted by Crippen LogP contribution is 2.51. The van der Waals surface area contributed by atoms with Crippen LogP contribution in [0.2, 0.25) is 0 Å². The molecule has 0 aromatic heterocycles. The maximum atomic E-state index is 2.44. The fourth-order valence-electron chi connectivity index (χ4n) is 9.00. The Morgan fingerprint density at radius 2 is 0.731 bits per heavy atom. The van der Waals surface area contributed by atoms with Crippen LogP contribution in [-0.4, -0.2) is 0 Å². The Morgan fingerprint density at radius 1 is 0.212 bits per heavy atom. The van der Waals surface area contributed by atoms with E-state index in [4.69, 9.17) is 0 Å². The van der Waals surface area contributed by atoms with E-state index in [1.807, 2.05) is 0 Å². The molecule has 11 rings (SSSR count). The zero-order valence-electron chi connectivity index (χ0n) is 28.5. The van der Waals surface area contributed by atoms with Crippen LogP contribution in [0.3, 0.4) is 0 Å². The van der Waals surface area contributed by atoms with E-state index in [0.717, 1.165) is 0 Å². The van der Waals surface area contributed by atoms with Crippen molar-refractivity contribution in [2.45, 2.75) is 0 Å². The Balaban J connectivity index is 1.32. The fraction of sp³-hybridized carbons (Fsp3) is 0. The van der Waals surface area contributed by atoms with Crippen molar-refractivity contribution in [2.75, 3.05) is 0 Å². The van der Waals surface area contributed by atoms with E-state index in [2.05, 4.69) is 194 Å². The molecule has 0 amide bonds. The van der Waals surface area contributed by atoms with Crippen molar-refractivity contribution in [3.8, 4) is 44.5 Å². The molecule has 0 saturated heterocycles. The Bertz CT molecular complexity index is 3150. The van der Waals surface area contributed by atoms with E-state index < -0.39 is 0 Å². The molecule has 0 bridgehead atoms. The summed E-state index contributed by atoms with van der Waals surface area (Å²) in [7, 11) is 0. The highest BCUT2D eigenvalue weighted by molar-refractivity contribution is 6.44. The highest BCUT2D eigenvalue weighted by atomic mass is 14.3. The van der Waals surface area contributed by atoms with Crippen molar-refractivity contribution in [1.29, 1.82) is 0 Å². The molecule has 0 N–H and O–H groups in total. The minimum absolute atomic E-state index is 1.23. The van der Waals surface area contributed by atoms with E-state index in [-0.39, 0.29) is 0 Å². The average molecular weight is 657 g/mol. The summed E-state index contributed by atoms with van der Waals surface area (Å²) in [4.78, 5) is 0. The number of hydrogen-bond acceptors (Lipinski definition) is 0. The molecule has 0 saturated carbocycles. The van der Waals surface area contributed by atoms with Gasteiger partial charge in [0.1, 0.15) is 0 Å². The van der Waals surface area contributed by atoms with Gasteiger partial charge in [0.05, 0.1) is 0 Å². The van der Waals surface area contributed by atoms with Crippen molar-refractivity contribution in [1.82, 2.24) is 0 Å². The molecule has 11 aromatic carbocycles. The minimum Gasteiger partial charge on any atom is -0.0622 e. The Labute approximate surface area is 302 Å². The maximum Gasteiger partial charge on any atom is -0.00134 e. The first kappa shape index (κ1) is 29.0. The zero-order chi connectivity index (χ0) is 34.2. The van der Waals surface area contributed by atoms with Gasteiger partial charge in [0, 0.05) is 0 Å². The van der Waals surface area contributed by atoms with Gasteiger partial charge in [-0.3, -0.25) is 0 Å². The molecule has 0 fully saturated rings. The van der Waals surface area contributed by atoms with Gasteiger partial charge in [-0.15, -0.1) is 0 Å². The standard InChI is InChI=1S/C52H32/c1-3-15-33(16-4-1)35-20-13-21-37(31-35)48-42-25-11-12-26-43(42)50-46-30-29-41(40-24-10-9-22-38(40)34-17-5-2-6-18-34)47-32-36-19-7-8-23-39(36)49(52(46)47)45-28-14-27-44(48)51(45)50/h1-32H. The average Bonchev–Trinajstić information content (AvgIpc) is 3.22. The number of fused-ring (bicyclic) bond motifs is 6. The van der Waals surface area contributed by atoms with Crippen molar-refractivity contribution >= 4 is 64.6 Å².